The zero-order valence-corrected chi connectivity index (χ0v) is 18.7. The second-order valence-electron chi connectivity index (χ2n) is 7.64. The number of hydrogen-bond acceptors (Lipinski definition) is 4. The highest BCUT2D eigenvalue weighted by Crippen LogP contribution is 2.22. The summed E-state index contributed by atoms with van der Waals surface area (Å²) in [6.07, 6.45) is 7.69. The van der Waals surface area contributed by atoms with Crippen LogP contribution in [0.4, 0.5) is 0 Å². The van der Waals surface area contributed by atoms with Crippen LogP contribution in [-0.2, 0) is 21.4 Å². The molecule has 0 radical (unpaired) electrons. The molecule has 0 fully saturated rings. The van der Waals surface area contributed by atoms with Gasteiger partial charge in [-0.25, -0.2) is 8.42 Å². The van der Waals surface area contributed by atoms with Crippen LogP contribution in [0.3, 0.4) is 0 Å². The number of ether oxygens (including phenoxy) is 1. The molecule has 0 aliphatic heterocycles. The van der Waals surface area contributed by atoms with Crippen molar-refractivity contribution in [3.63, 3.8) is 0 Å². The number of nitrogens with zero attached hydrogens (tertiary/aromatic N) is 1. The van der Waals surface area contributed by atoms with E-state index in [0.717, 1.165) is 24.8 Å². The molecule has 31 heavy (non-hydrogen) atoms. The highest BCUT2D eigenvalue weighted by molar-refractivity contribution is 7.89. The summed E-state index contributed by atoms with van der Waals surface area (Å²) < 4.78 is 32.9. The Balaban J connectivity index is 1.70. The van der Waals surface area contributed by atoms with Gasteiger partial charge in [0.1, 0.15) is 5.75 Å². The van der Waals surface area contributed by atoms with Gasteiger partial charge in [0.15, 0.2) is 0 Å². The summed E-state index contributed by atoms with van der Waals surface area (Å²) in [6, 6.07) is 15.5. The van der Waals surface area contributed by atoms with Crippen molar-refractivity contribution in [3.05, 3.63) is 71.8 Å². The largest absolute Gasteiger partial charge is 0.497 e. The highest BCUT2D eigenvalue weighted by Gasteiger charge is 2.27. The van der Waals surface area contributed by atoms with E-state index in [0.29, 0.717) is 12.3 Å². The smallest absolute Gasteiger partial charge is 0.243 e. The zero-order chi connectivity index (χ0) is 22.1. The molecule has 1 amide bonds. The first-order valence-corrected chi connectivity index (χ1v) is 12.1. The molecule has 1 N–H and O–H groups in total. The maximum Gasteiger partial charge on any atom is 0.243 e. The molecular formula is C24H30N2O4S. The predicted octanol–water partition coefficient (Wildman–Crippen LogP) is 3.89. The van der Waals surface area contributed by atoms with Crippen molar-refractivity contribution in [3.8, 4) is 5.75 Å². The minimum Gasteiger partial charge on any atom is -0.497 e. The minimum atomic E-state index is -3.86. The van der Waals surface area contributed by atoms with Gasteiger partial charge in [0, 0.05) is 13.1 Å². The van der Waals surface area contributed by atoms with E-state index >= 15 is 0 Å². The number of sulfonamides is 1. The third kappa shape index (κ3) is 6.67. The van der Waals surface area contributed by atoms with Crippen LogP contribution < -0.4 is 10.1 Å². The van der Waals surface area contributed by atoms with Crippen LogP contribution in [0.25, 0.3) is 0 Å². The Labute approximate surface area is 185 Å². The van der Waals surface area contributed by atoms with Crippen LogP contribution in [0, 0.1) is 0 Å². The van der Waals surface area contributed by atoms with Crippen LogP contribution in [0.1, 0.15) is 37.7 Å². The number of hydrogen-bond donors (Lipinski definition) is 1. The first-order chi connectivity index (χ1) is 15.0. The lowest BCUT2D eigenvalue weighted by atomic mass is 9.97. The molecule has 0 heterocycles. The standard InChI is InChI=1S/C24H30N2O4S/c1-30-22-12-14-23(15-13-22)31(28,29)26(18-21-10-6-3-7-11-21)19-24(27)25-17-16-20-8-4-2-5-9-20/h3,6-8,10-15H,2,4-5,9,16-19H2,1H3,(H,25,27). The number of carbonyl (C=O) groups excluding carboxylic acids is 1. The summed E-state index contributed by atoms with van der Waals surface area (Å²) in [5.74, 6) is 0.271. The Kier molecular flexibility index (Phi) is 8.26. The van der Waals surface area contributed by atoms with Crippen molar-refractivity contribution in [2.75, 3.05) is 20.2 Å². The molecule has 0 saturated heterocycles. The van der Waals surface area contributed by atoms with Crippen LogP contribution in [0.2, 0.25) is 0 Å². The lowest BCUT2D eigenvalue weighted by molar-refractivity contribution is -0.121. The summed E-state index contributed by atoms with van der Waals surface area (Å²) in [4.78, 5) is 12.7. The molecule has 166 valence electrons. The molecule has 2 aromatic rings. The number of nitrogens with one attached hydrogen (secondary N) is 1. The predicted molar refractivity (Wildman–Crippen MR) is 121 cm³/mol. The van der Waals surface area contributed by atoms with Crippen molar-refractivity contribution in [2.24, 2.45) is 0 Å². The fourth-order valence-electron chi connectivity index (χ4n) is 3.62. The Morgan fingerprint density at radius 1 is 1.06 bits per heavy atom. The number of methoxy groups -OCH3 is 1. The lowest BCUT2D eigenvalue weighted by Gasteiger charge is -2.22. The molecular weight excluding hydrogens is 412 g/mol. The van der Waals surface area contributed by atoms with Gasteiger partial charge in [-0.2, -0.15) is 4.31 Å². The monoisotopic (exact) mass is 442 g/mol. The molecule has 7 heteroatoms. The van der Waals surface area contributed by atoms with Gasteiger partial charge in [-0.05, 0) is 61.9 Å². The Morgan fingerprint density at radius 2 is 1.81 bits per heavy atom. The quantitative estimate of drug-likeness (QED) is 0.567. The summed E-state index contributed by atoms with van der Waals surface area (Å²) >= 11 is 0. The van der Waals surface area contributed by atoms with Crippen LogP contribution in [-0.4, -0.2) is 38.8 Å². The van der Waals surface area contributed by atoms with Crippen LogP contribution in [0.15, 0.2) is 71.1 Å². The van der Waals surface area contributed by atoms with Gasteiger partial charge >= 0.3 is 0 Å². The second-order valence-corrected chi connectivity index (χ2v) is 9.58. The Morgan fingerprint density at radius 3 is 2.45 bits per heavy atom. The first-order valence-electron chi connectivity index (χ1n) is 10.6. The van der Waals surface area contributed by atoms with Gasteiger partial charge in [0.25, 0.3) is 0 Å². The summed E-state index contributed by atoms with van der Waals surface area (Å²) in [5.41, 5.74) is 2.19. The van der Waals surface area contributed by atoms with Crippen LogP contribution >= 0.6 is 0 Å². The average molecular weight is 443 g/mol. The minimum absolute atomic E-state index is 0.119. The third-order valence-electron chi connectivity index (χ3n) is 5.37. The molecule has 0 unspecified atom stereocenters. The third-order valence-corrected chi connectivity index (χ3v) is 7.18. The zero-order valence-electron chi connectivity index (χ0n) is 17.9. The first kappa shape index (κ1) is 23.0. The summed E-state index contributed by atoms with van der Waals surface area (Å²) in [5, 5.41) is 2.88. The van der Waals surface area contributed by atoms with E-state index in [1.54, 1.807) is 12.1 Å². The molecule has 0 spiro atoms. The van der Waals surface area contributed by atoms with Crippen molar-refractivity contribution in [1.82, 2.24) is 9.62 Å². The average Bonchev–Trinajstić information content (AvgIpc) is 2.80. The van der Waals surface area contributed by atoms with E-state index in [2.05, 4.69) is 11.4 Å². The number of rotatable bonds is 10. The molecule has 1 aliphatic rings. The number of carbonyl (C=O) groups is 1. The Hall–Kier alpha value is -2.64. The molecule has 1 aliphatic carbocycles. The van der Waals surface area contributed by atoms with E-state index in [9.17, 15) is 13.2 Å². The number of allylic oxidation sites excluding steroid dienone is 1. The molecule has 0 aromatic heterocycles. The molecule has 3 rings (SSSR count). The van der Waals surface area contributed by atoms with Gasteiger partial charge in [-0.15, -0.1) is 0 Å². The fourth-order valence-corrected chi connectivity index (χ4v) is 5.00. The SMILES string of the molecule is COc1ccc(S(=O)(=O)N(CC(=O)NCCC2=CCCCC2)Cc2ccccc2)cc1. The van der Waals surface area contributed by atoms with Crippen molar-refractivity contribution in [2.45, 2.75) is 43.5 Å². The molecule has 0 bridgehead atoms. The molecule has 2 aromatic carbocycles. The van der Waals surface area contributed by atoms with Crippen molar-refractivity contribution >= 4 is 15.9 Å². The van der Waals surface area contributed by atoms with Gasteiger partial charge in [0.2, 0.25) is 15.9 Å². The van der Waals surface area contributed by atoms with E-state index in [4.69, 9.17) is 4.74 Å². The van der Waals surface area contributed by atoms with Gasteiger partial charge in [-0.3, -0.25) is 4.79 Å². The van der Waals surface area contributed by atoms with E-state index in [1.165, 1.54) is 42.0 Å². The van der Waals surface area contributed by atoms with E-state index < -0.39 is 10.0 Å². The molecule has 0 atom stereocenters. The lowest BCUT2D eigenvalue weighted by Crippen LogP contribution is -2.40. The van der Waals surface area contributed by atoms with E-state index in [1.807, 2.05) is 30.3 Å². The normalized spacial score (nSPS) is 14.2. The number of benzene rings is 2. The Bertz CT molecular complexity index is 986. The second kappa shape index (κ2) is 11.1. The fraction of sp³-hybridized carbons (Fsp3) is 0.375. The molecule has 0 saturated carbocycles. The topological polar surface area (TPSA) is 75.7 Å². The summed E-state index contributed by atoms with van der Waals surface area (Å²) in [6.45, 7) is 0.405. The van der Waals surface area contributed by atoms with Crippen LogP contribution in [0.5, 0.6) is 5.75 Å². The van der Waals surface area contributed by atoms with Crippen molar-refractivity contribution < 1.29 is 17.9 Å². The molecule has 6 nitrogen and oxygen atoms in total. The maximum atomic E-state index is 13.3. The van der Waals surface area contributed by atoms with Crippen molar-refractivity contribution in [1.29, 1.82) is 0 Å². The summed E-state index contributed by atoms with van der Waals surface area (Å²) in [7, 11) is -2.33. The maximum absolute atomic E-state index is 13.3. The highest BCUT2D eigenvalue weighted by atomic mass is 32.2. The van der Waals surface area contributed by atoms with Gasteiger partial charge < -0.3 is 10.1 Å². The van der Waals surface area contributed by atoms with Gasteiger partial charge in [0.05, 0.1) is 18.6 Å². The number of amides is 1. The van der Waals surface area contributed by atoms with E-state index in [-0.39, 0.29) is 23.9 Å². The van der Waals surface area contributed by atoms with Gasteiger partial charge in [-0.1, -0.05) is 42.0 Å².